The minimum Gasteiger partial charge on any atom is -0.444 e. The van der Waals surface area contributed by atoms with Crippen LogP contribution in [0.3, 0.4) is 0 Å². The van der Waals surface area contributed by atoms with Crippen LogP contribution in [-0.2, 0) is 6.54 Å². The number of hydrogen-bond acceptors (Lipinski definition) is 3. The average Bonchev–Trinajstić information content (AvgIpc) is 3.11. The van der Waals surface area contributed by atoms with E-state index in [0.29, 0.717) is 12.4 Å². The van der Waals surface area contributed by atoms with Crippen molar-refractivity contribution in [2.45, 2.75) is 39.7 Å². The Morgan fingerprint density at radius 3 is 2.72 bits per heavy atom. The van der Waals surface area contributed by atoms with Gasteiger partial charge in [-0.2, -0.15) is 0 Å². The van der Waals surface area contributed by atoms with Crippen LogP contribution in [0.1, 0.15) is 36.6 Å². The van der Waals surface area contributed by atoms with E-state index < -0.39 is 0 Å². The lowest BCUT2D eigenvalue weighted by Crippen LogP contribution is -2.37. The first-order chi connectivity index (χ1) is 8.69. The molecular weight excluding hydrogens is 228 g/mol. The van der Waals surface area contributed by atoms with Gasteiger partial charge in [0.2, 0.25) is 5.89 Å². The van der Waals surface area contributed by atoms with Crippen molar-refractivity contribution < 1.29 is 4.42 Å². The molecule has 2 rings (SSSR count). The Labute approximate surface area is 108 Å². The van der Waals surface area contributed by atoms with E-state index in [1.807, 2.05) is 13.8 Å². The molecule has 0 spiro atoms. The lowest BCUT2D eigenvalue weighted by atomic mass is 10.3. The molecule has 0 radical (unpaired) electrons. The molecule has 100 valence electrons. The molecule has 0 amide bonds. The van der Waals surface area contributed by atoms with Crippen molar-refractivity contribution in [1.29, 1.82) is 0 Å². The molecule has 1 heterocycles. The zero-order valence-electron chi connectivity index (χ0n) is 11.4. The van der Waals surface area contributed by atoms with Gasteiger partial charge in [-0.05, 0) is 26.2 Å². The van der Waals surface area contributed by atoms with E-state index in [9.17, 15) is 0 Å². The monoisotopic (exact) mass is 250 g/mol. The summed E-state index contributed by atoms with van der Waals surface area (Å²) in [4.78, 5) is 8.50. The van der Waals surface area contributed by atoms with E-state index >= 15 is 0 Å². The Hall–Kier alpha value is -1.52. The first-order valence-electron chi connectivity index (χ1n) is 6.56. The SMILES string of the molecule is CN=C(NCCC1CC1)NCc1nc(C)c(C)o1. The topological polar surface area (TPSA) is 62.5 Å². The van der Waals surface area contributed by atoms with Gasteiger partial charge >= 0.3 is 0 Å². The quantitative estimate of drug-likeness (QED) is 0.617. The number of aryl methyl sites for hydroxylation is 2. The highest BCUT2D eigenvalue weighted by molar-refractivity contribution is 5.79. The largest absolute Gasteiger partial charge is 0.444 e. The van der Waals surface area contributed by atoms with Gasteiger partial charge in [0, 0.05) is 13.6 Å². The molecule has 0 aliphatic heterocycles. The van der Waals surface area contributed by atoms with Gasteiger partial charge in [-0.3, -0.25) is 4.99 Å². The molecule has 0 saturated heterocycles. The zero-order valence-corrected chi connectivity index (χ0v) is 11.4. The van der Waals surface area contributed by atoms with E-state index in [4.69, 9.17) is 4.42 Å². The maximum Gasteiger partial charge on any atom is 0.214 e. The van der Waals surface area contributed by atoms with Gasteiger partial charge in [0.15, 0.2) is 5.96 Å². The Balaban J connectivity index is 1.72. The molecule has 1 aliphatic carbocycles. The summed E-state index contributed by atoms with van der Waals surface area (Å²) >= 11 is 0. The average molecular weight is 250 g/mol. The number of nitrogens with zero attached hydrogens (tertiary/aromatic N) is 2. The Bertz CT molecular complexity index is 401. The molecule has 1 aromatic heterocycles. The van der Waals surface area contributed by atoms with Gasteiger partial charge in [0.1, 0.15) is 5.76 Å². The Morgan fingerprint density at radius 1 is 1.39 bits per heavy atom. The molecule has 5 nitrogen and oxygen atoms in total. The van der Waals surface area contributed by atoms with Crippen LogP contribution in [0.2, 0.25) is 0 Å². The highest BCUT2D eigenvalue weighted by atomic mass is 16.4. The lowest BCUT2D eigenvalue weighted by Gasteiger charge is -2.09. The molecule has 0 unspecified atom stereocenters. The molecule has 5 heteroatoms. The van der Waals surface area contributed by atoms with E-state index in [1.54, 1.807) is 7.05 Å². The predicted octanol–water partition coefficient (Wildman–Crippen LogP) is 1.76. The Morgan fingerprint density at radius 2 is 2.17 bits per heavy atom. The predicted molar refractivity (Wildman–Crippen MR) is 71.5 cm³/mol. The van der Waals surface area contributed by atoms with Crippen LogP contribution in [0.15, 0.2) is 9.41 Å². The van der Waals surface area contributed by atoms with Crippen molar-refractivity contribution in [2.75, 3.05) is 13.6 Å². The van der Waals surface area contributed by atoms with Crippen LogP contribution >= 0.6 is 0 Å². The summed E-state index contributed by atoms with van der Waals surface area (Å²) in [6.45, 7) is 5.42. The van der Waals surface area contributed by atoms with Crippen molar-refractivity contribution in [3.63, 3.8) is 0 Å². The number of guanidine groups is 1. The van der Waals surface area contributed by atoms with Gasteiger partial charge in [-0.1, -0.05) is 12.8 Å². The Kier molecular flexibility index (Phi) is 4.23. The summed E-state index contributed by atoms with van der Waals surface area (Å²) in [5.41, 5.74) is 0.948. The third-order valence-electron chi connectivity index (χ3n) is 3.25. The van der Waals surface area contributed by atoms with E-state index in [-0.39, 0.29) is 0 Å². The second-order valence-electron chi connectivity index (χ2n) is 4.83. The molecule has 0 aromatic carbocycles. The molecule has 2 N–H and O–H groups in total. The van der Waals surface area contributed by atoms with Crippen LogP contribution in [-0.4, -0.2) is 24.5 Å². The smallest absolute Gasteiger partial charge is 0.214 e. The number of aliphatic imine (C=N–C) groups is 1. The number of aromatic nitrogens is 1. The summed E-state index contributed by atoms with van der Waals surface area (Å²) < 4.78 is 5.51. The summed E-state index contributed by atoms with van der Waals surface area (Å²) in [5.74, 6) is 3.33. The second kappa shape index (κ2) is 5.89. The molecule has 1 saturated carbocycles. The summed E-state index contributed by atoms with van der Waals surface area (Å²) in [5, 5.41) is 6.50. The van der Waals surface area contributed by atoms with Gasteiger partial charge in [-0.25, -0.2) is 4.98 Å². The normalized spacial score (nSPS) is 15.8. The lowest BCUT2D eigenvalue weighted by molar-refractivity contribution is 0.463. The molecular formula is C13H22N4O. The first-order valence-corrected chi connectivity index (χ1v) is 6.56. The highest BCUT2D eigenvalue weighted by Crippen LogP contribution is 2.31. The maximum atomic E-state index is 5.51. The van der Waals surface area contributed by atoms with Crippen LogP contribution in [0.4, 0.5) is 0 Å². The minimum absolute atomic E-state index is 0.567. The summed E-state index contributed by atoms with van der Waals surface area (Å²) in [6, 6.07) is 0. The number of nitrogens with one attached hydrogen (secondary N) is 2. The molecule has 1 fully saturated rings. The minimum atomic E-state index is 0.567. The summed E-state index contributed by atoms with van der Waals surface area (Å²) in [7, 11) is 1.78. The molecule has 18 heavy (non-hydrogen) atoms. The van der Waals surface area contributed by atoms with Crippen molar-refractivity contribution in [1.82, 2.24) is 15.6 Å². The van der Waals surface area contributed by atoms with Crippen molar-refractivity contribution in [3.8, 4) is 0 Å². The fourth-order valence-corrected chi connectivity index (χ4v) is 1.80. The number of oxazole rings is 1. The fraction of sp³-hybridized carbons (Fsp3) is 0.692. The van der Waals surface area contributed by atoms with Crippen LogP contribution < -0.4 is 10.6 Å². The zero-order chi connectivity index (χ0) is 13.0. The van der Waals surface area contributed by atoms with Gasteiger partial charge < -0.3 is 15.1 Å². The van der Waals surface area contributed by atoms with E-state index in [2.05, 4.69) is 20.6 Å². The standard InChI is InChI=1S/C13H22N4O/c1-9-10(2)18-12(17-9)8-16-13(14-3)15-7-6-11-4-5-11/h11H,4-8H2,1-3H3,(H2,14,15,16). The molecule has 1 aromatic rings. The van der Waals surface area contributed by atoms with E-state index in [0.717, 1.165) is 29.9 Å². The first kappa shape index (κ1) is 12.9. The van der Waals surface area contributed by atoms with Crippen LogP contribution in [0.25, 0.3) is 0 Å². The second-order valence-corrected chi connectivity index (χ2v) is 4.83. The van der Waals surface area contributed by atoms with Crippen LogP contribution in [0.5, 0.6) is 0 Å². The fourth-order valence-electron chi connectivity index (χ4n) is 1.80. The number of hydrogen-bond donors (Lipinski definition) is 2. The van der Waals surface area contributed by atoms with Crippen molar-refractivity contribution >= 4 is 5.96 Å². The van der Waals surface area contributed by atoms with Gasteiger partial charge in [-0.15, -0.1) is 0 Å². The molecule has 0 atom stereocenters. The van der Waals surface area contributed by atoms with Crippen molar-refractivity contribution in [2.24, 2.45) is 10.9 Å². The van der Waals surface area contributed by atoms with Gasteiger partial charge in [0.05, 0.1) is 12.2 Å². The third kappa shape index (κ3) is 3.75. The number of rotatable bonds is 5. The van der Waals surface area contributed by atoms with Crippen LogP contribution in [0, 0.1) is 19.8 Å². The third-order valence-corrected chi connectivity index (χ3v) is 3.25. The highest BCUT2D eigenvalue weighted by Gasteiger charge is 2.20. The van der Waals surface area contributed by atoms with Gasteiger partial charge in [0.25, 0.3) is 0 Å². The summed E-state index contributed by atoms with van der Waals surface area (Å²) in [6.07, 6.45) is 4.02. The van der Waals surface area contributed by atoms with Crippen molar-refractivity contribution in [3.05, 3.63) is 17.3 Å². The molecule has 1 aliphatic rings. The maximum absolute atomic E-state index is 5.51. The van der Waals surface area contributed by atoms with E-state index in [1.165, 1.54) is 19.3 Å². The molecule has 0 bridgehead atoms.